The Morgan fingerprint density at radius 1 is 1.53 bits per heavy atom. The number of nitrogens with one attached hydrogen (secondary N) is 1. The van der Waals surface area contributed by atoms with Crippen molar-refractivity contribution in [2.24, 2.45) is 11.0 Å². The van der Waals surface area contributed by atoms with Crippen molar-refractivity contribution in [2.75, 3.05) is 0 Å². The van der Waals surface area contributed by atoms with E-state index in [4.69, 9.17) is 4.42 Å². The lowest BCUT2D eigenvalue weighted by Gasteiger charge is -2.11. The topological polar surface area (TPSA) is 54.6 Å². The Morgan fingerprint density at radius 3 is 3.06 bits per heavy atom. The van der Waals surface area contributed by atoms with Gasteiger partial charge < -0.3 is 4.42 Å². The van der Waals surface area contributed by atoms with Crippen LogP contribution in [0.3, 0.4) is 0 Å². The molecule has 1 aromatic heterocycles. The van der Waals surface area contributed by atoms with Gasteiger partial charge >= 0.3 is 5.91 Å². The smallest absolute Gasteiger partial charge is 0.307 e. The summed E-state index contributed by atoms with van der Waals surface area (Å²) in [5.41, 5.74) is 2.45. The lowest BCUT2D eigenvalue weighted by atomic mass is 9.96. The molecule has 4 nitrogen and oxygen atoms in total. The number of rotatable bonds is 3. The van der Waals surface area contributed by atoms with Gasteiger partial charge in [-0.05, 0) is 53.2 Å². The van der Waals surface area contributed by atoms with Crippen LogP contribution in [0.5, 0.6) is 0 Å². The van der Waals surface area contributed by atoms with Crippen LogP contribution in [0.25, 0.3) is 0 Å². The van der Waals surface area contributed by atoms with Crippen molar-refractivity contribution < 1.29 is 9.21 Å². The number of amides is 1. The second-order valence-electron chi connectivity index (χ2n) is 3.87. The molecular formula is C12H13BrN2O2. The predicted octanol–water partition coefficient (Wildman–Crippen LogP) is 3.11. The molecule has 0 fully saturated rings. The summed E-state index contributed by atoms with van der Waals surface area (Å²) in [4.78, 5) is 11.5. The fourth-order valence-corrected chi connectivity index (χ4v) is 1.95. The van der Waals surface area contributed by atoms with E-state index in [1.54, 1.807) is 18.3 Å². The van der Waals surface area contributed by atoms with E-state index in [2.05, 4.69) is 38.6 Å². The Kier molecular flexibility index (Phi) is 4.14. The van der Waals surface area contributed by atoms with Gasteiger partial charge in [-0.2, -0.15) is 5.10 Å². The van der Waals surface area contributed by atoms with Crippen LogP contribution in [-0.4, -0.2) is 12.1 Å². The summed E-state index contributed by atoms with van der Waals surface area (Å²) in [6.07, 6.45) is 9.26. The van der Waals surface area contributed by atoms with Gasteiger partial charge in [0.2, 0.25) is 0 Å². The van der Waals surface area contributed by atoms with Crippen molar-refractivity contribution in [1.29, 1.82) is 0 Å². The van der Waals surface area contributed by atoms with Gasteiger partial charge in [-0.1, -0.05) is 12.2 Å². The van der Waals surface area contributed by atoms with E-state index in [0.717, 1.165) is 19.3 Å². The Balaban J connectivity index is 1.83. The first-order valence-corrected chi connectivity index (χ1v) is 6.29. The Bertz CT molecular complexity index is 451. The first-order chi connectivity index (χ1) is 8.25. The molecule has 1 atom stereocenters. The number of hydrogen-bond acceptors (Lipinski definition) is 3. The van der Waals surface area contributed by atoms with Crippen molar-refractivity contribution >= 4 is 28.1 Å². The molecule has 90 valence electrons. The summed E-state index contributed by atoms with van der Waals surface area (Å²) in [6, 6.07) is 3.27. The summed E-state index contributed by atoms with van der Waals surface area (Å²) < 4.78 is 5.64. The van der Waals surface area contributed by atoms with E-state index in [0.29, 0.717) is 10.6 Å². The number of carbonyl (C=O) groups excluding carboxylic acids is 1. The Labute approximate surface area is 108 Å². The normalized spacial score (nSPS) is 19.7. The minimum Gasteiger partial charge on any atom is -0.444 e. The highest BCUT2D eigenvalue weighted by atomic mass is 79.9. The highest BCUT2D eigenvalue weighted by Gasteiger charge is 2.10. The first kappa shape index (κ1) is 12.1. The zero-order valence-electron chi connectivity index (χ0n) is 9.23. The van der Waals surface area contributed by atoms with Gasteiger partial charge in [-0.25, -0.2) is 5.43 Å². The van der Waals surface area contributed by atoms with E-state index in [9.17, 15) is 4.79 Å². The molecule has 1 heterocycles. The fraction of sp³-hybridized carbons (Fsp3) is 0.333. The minimum absolute atomic E-state index is 0.248. The third-order valence-electron chi connectivity index (χ3n) is 2.56. The van der Waals surface area contributed by atoms with E-state index in [1.807, 2.05) is 0 Å². The van der Waals surface area contributed by atoms with Crippen LogP contribution in [0.1, 0.15) is 29.8 Å². The van der Waals surface area contributed by atoms with Crippen LogP contribution in [-0.2, 0) is 0 Å². The highest BCUT2D eigenvalue weighted by Crippen LogP contribution is 2.16. The third-order valence-corrected chi connectivity index (χ3v) is 2.98. The van der Waals surface area contributed by atoms with Crippen molar-refractivity contribution in [2.45, 2.75) is 19.3 Å². The number of furan rings is 1. The third kappa shape index (κ3) is 3.56. The zero-order chi connectivity index (χ0) is 12.1. The van der Waals surface area contributed by atoms with E-state index in [1.165, 1.54) is 0 Å². The molecule has 0 saturated carbocycles. The fourth-order valence-electron chi connectivity index (χ4n) is 1.65. The van der Waals surface area contributed by atoms with E-state index in [-0.39, 0.29) is 11.7 Å². The van der Waals surface area contributed by atoms with E-state index < -0.39 is 0 Å². The first-order valence-electron chi connectivity index (χ1n) is 5.49. The maximum Gasteiger partial charge on any atom is 0.307 e. The minimum atomic E-state index is -0.335. The monoisotopic (exact) mass is 296 g/mol. The average molecular weight is 297 g/mol. The molecule has 17 heavy (non-hydrogen) atoms. The quantitative estimate of drug-likeness (QED) is 0.529. The van der Waals surface area contributed by atoms with Gasteiger partial charge in [0, 0.05) is 6.21 Å². The molecule has 0 radical (unpaired) electrons. The maximum atomic E-state index is 11.5. The molecule has 1 aromatic rings. The van der Waals surface area contributed by atoms with Crippen LogP contribution in [0, 0.1) is 5.92 Å². The van der Waals surface area contributed by atoms with Crippen LogP contribution in [0.4, 0.5) is 0 Å². The summed E-state index contributed by atoms with van der Waals surface area (Å²) in [5, 5.41) is 3.95. The number of hydrogen-bond donors (Lipinski definition) is 1. The summed E-state index contributed by atoms with van der Waals surface area (Å²) in [5.74, 6) is 0.333. The van der Waals surface area contributed by atoms with Gasteiger partial charge in [0.25, 0.3) is 0 Å². The van der Waals surface area contributed by atoms with Crippen molar-refractivity contribution in [3.63, 3.8) is 0 Å². The molecule has 0 bridgehead atoms. The number of allylic oxidation sites excluding steroid dienone is 2. The van der Waals surface area contributed by atoms with Crippen molar-refractivity contribution in [3.05, 3.63) is 34.7 Å². The lowest BCUT2D eigenvalue weighted by Crippen LogP contribution is -2.18. The second kappa shape index (κ2) is 5.82. The van der Waals surface area contributed by atoms with Gasteiger partial charge in [0.1, 0.15) is 0 Å². The van der Waals surface area contributed by atoms with Crippen molar-refractivity contribution in [3.8, 4) is 0 Å². The largest absolute Gasteiger partial charge is 0.444 e. The summed E-state index contributed by atoms with van der Waals surface area (Å²) >= 11 is 3.14. The number of nitrogens with zero attached hydrogens (tertiary/aromatic N) is 1. The second-order valence-corrected chi connectivity index (χ2v) is 4.65. The summed E-state index contributed by atoms with van der Waals surface area (Å²) in [6.45, 7) is 0. The predicted molar refractivity (Wildman–Crippen MR) is 68.8 cm³/mol. The molecule has 1 amide bonds. The molecule has 2 rings (SSSR count). The molecule has 1 aliphatic carbocycles. The van der Waals surface area contributed by atoms with Crippen molar-refractivity contribution in [1.82, 2.24) is 5.43 Å². The molecule has 0 spiro atoms. The average Bonchev–Trinajstić information content (AvgIpc) is 2.77. The molecule has 1 aliphatic rings. The van der Waals surface area contributed by atoms with Gasteiger partial charge in [-0.3, -0.25) is 4.79 Å². The van der Waals surface area contributed by atoms with Gasteiger partial charge in [-0.15, -0.1) is 0 Å². The van der Waals surface area contributed by atoms with E-state index >= 15 is 0 Å². The molecular weight excluding hydrogens is 284 g/mol. The van der Waals surface area contributed by atoms with Crippen LogP contribution < -0.4 is 5.43 Å². The molecule has 0 aromatic carbocycles. The lowest BCUT2D eigenvalue weighted by molar-refractivity contribution is 0.0926. The maximum absolute atomic E-state index is 11.5. The van der Waals surface area contributed by atoms with Gasteiger partial charge in [0.15, 0.2) is 10.4 Å². The van der Waals surface area contributed by atoms with Crippen LogP contribution in [0.15, 0.2) is 38.5 Å². The standard InChI is InChI=1S/C12H13BrN2O2/c13-11-7-6-10(17-11)12(16)15-14-8-9-4-2-1-3-5-9/h1-2,6-9H,3-5H2,(H,15,16)/b14-8-/t9-/m0/s1. The molecule has 0 saturated heterocycles. The zero-order valence-corrected chi connectivity index (χ0v) is 10.8. The number of hydrazone groups is 1. The molecule has 1 N–H and O–H groups in total. The SMILES string of the molecule is O=C(N/N=C\[C@H]1CC=CCC1)c1ccc(Br)o1. The van der Waals surface area contributed by atoms with Crippen LogP contribution in [0.2, 0.25) is 0 Å². The number of carbonyl (C=O) groups is 1. The summed E-state index contributed by atoms with van der Waals surface area (Å²) in [7, 11) is 0. The Hall–Kier alpha value is -1.36. The highest BCUT2D eigenvalue weighted by molar-refractivity contribution is 9.10. The molecule has 5 heteroatoms. The molecule has 0 unspecified atom stereocenters. The Morgan fingerprint density at radius 2 is 2.41 bits per heavy atom. The van der Waals surface area contributed by atoms with Gasteiger partial charge in [0.05, 0.1) is 0 Å². The van der Waals surface area contributed by atoms with Crippen LogP contribution >= 0.6 is 15.9 Å². The number of halogens is 1. The molecule has 0 aliphatic heterocycles.